The maximum absolute atomic E-state index is 5.46. The molecule has 0 aromatic carbocycles. The van der Waals surface area contributed by atoms with E-state index in [1.54, 1.807) is 18.7 Å². The molecule has 4 aromatic rings. The number of aromatic amines is 1. The van der Waals surface area contributed by atoms with Crippen LogP contribution in [0.25, 0.3) is 11.2 Å². The number of H-pyrrole nitrogens is 1. The Bertz CT molecular complexity index is 796. The van der Waals surface area contributed by atoms with Crippen LogP contribution in [0.5, 0.6) is 0 Å². The van der Waals surface area contributed by atoms with E-state index in [0.717, 1.165) is 28.5 Å². The lowest BCUT2D eigenvalue weighted by Crippen LogP contribution is -2.22. The largest absolute Gasteiger partial charge is 0.468 e. The fourth-order valence-corrected chi connectivity index (χ4v) is 2.60. The third-order valence-corrected chi connectivity index (χ3v) is 3.60. The molecule has 1 N–H and O–H groups in total. The van der Waals surface area contributed by atoms with Gasteiger partial charge in [0.25, 0.3) is 0 Å². The molecule has 4 rings (SSSR count). The molecule has 0 aliphatic carbocycles. The fourth-order valence-electron chi connectivity index (χ4n) is 2.60. The molecule has 0 fully saturated rings. The van der Waals surface area contributed by atoms with Crippen LogP contribution < -0.4 is 0 Å². The van der Waals surface area contributed by atoms with E-state index in [0.29, 0.717) is 19.6 Å². The molecule has 0 amide bonds. The lowest BCUT2D eigenvalue weighted by molar-refractivity contribution is 0.205. The van der Waals surface area contributed by atoms with Crippen LogP contribution in [0.2, 0.25) is 0 Å². The molecule has 0 radical (unpaired) electrons. The number of hydrogen-bond acceptors (Lipinski definition) is 5. The summed E-state index contributed by atoms with van der Waals surface area (Å²) in [5.41, 5.74) is 1.68. The number of imidazole rings is 1. The van der Waals surface area contributed by atoms with E-state index >= 15 is 0 Å². The quantitative estimate of drug-likeness (QED) is 0.591. The highest BCUT2D eigenvalue weighted by Crippen LogP contribution is 2.15. The third-order valence-electron chi connectivity index (χ3n) is 3.60. The number of hydrogen-bond donors (Lipinski definition) is 1. The molecule has 6 nitrogen and oxygen atoms in total. The predicted molar refractivity (Wildman–Crippen MR) is 84.3 cm³/mol. The smallest absolute Gasteiger partial charge is 0.177 e. The van der Waals surface area contributed by atoms with E-state index in [1.165, 1.54) is 0 Å². The zero-order valence-electron chi connectivity index (χ0n) is 12.5. The van der Waals surface area contributed by atoms with Gasteiger partial charge in [0.05, 0.1) is 37.7 Å². The zero-order chi connectivity index (χ0) is 15.5. The standard InChI is InChI=1S/C17H16N4O2/c1-6-15-17(18-7-1)20-16(19-15)12-21(10-13-4-2-8-22-13)11-14-5-3-9-23-14/h1-9H,10-12H2,(H,18,19,20). The average Bonchev–Trinajstić information content (AvgIpc) is 3.27. The van der Waals surface area contributed by atoms with Crippen molar-refractivity contribution in [3.63, 3.8) is 0 Å². The van der Waals surface area contributed by atoms with Gasteiger partial charge in [-0.15, -0.1) is 0 Å². The average molecular weight is 308 g/mol. The number of nitrogens with zero attached hydrogens (tertiary/aromatic N) is 3. The number of nitrogens with one attached hydrogen (secondary N) is 1. The molecule has 0 atom stereocenters. The molecule has 6 heteroatoms. The first-order chi connectivity index (χ1) is 11.4. The molecule has 0 unspecified atom stereocenters. The summed E-state index contributed by atoms with van der Waals surface area (Å²) in [6.07, 6.45) is 5.12. The molecule has 0 saturated heterocycles. The third kappa shape index (κ3) is 3.17. The van der Waals surface area contributed by atoms with Crippen molar-refractivity contribution in [1.29, 1.82) is 0 Å². The second-order valence-corrected chi connectivity index (χ2v) is 5.36. The topological polar surface area (TPSA) is 71.1 Å². The minimum atomic E-state index is 0.651. The second kappa shape index (κ2) is 6.10. The van der Waals surface area contributed by atoms with Crippen molar-refractivity contribution < 1.29 is 8.83 Å². The first-order valence-electron chi connectivity index (χ1n) is 7.43. The number of pyridine rings is 1. The number of rotatable bonds is 6. The fraction of sp³-hybridized carbons (Fsp3) is 0.176. The van der Waals surface area contributed by atoms with Crippen LogP contribution in [0.4, 0.5) is 0 Å². The summed E-state index contributed by atoms with van der Waals surface area (Å²) in [4.78, 5) is 14.3. The molecule has 0 aliphatic rings. The Morgan fingerprint density at radius 2 is 1.65 bits per heavy atom. The summed E-state index contributed by atoms with van der Waals surface area (Å²) in [6.45, 7) is 2.01. The highest BCUT2D eigenvalue weighted by molar-refractivity contribution is 5.69. The Balaban J connectivity index is 1.56. The van der Waals surface area contributed by atoms with Gasteiger partial charge in [-0.3, -0.25) is 4.90 Å². The summed E-state index contributed by atoms with van der Waals surface area (Å²) in [5, 5.41) is 0. The van der Waals surface area contributed by atoms with Gasteiger partial charge in [-0.2, -0.15) is 0 Å². The maximum atomic E-state index is 5.46. The van der Waals surface area contributed by atoms with E-state index in [-0.39, 0.29) is 0 Å². The van der Waals surface area contributed by atoms with Crippen LogP contribution in [0.1, 0.15) is 17.3 Å². The summed E-state index contributed by atoms with van der Waals surface area (Å²) in [5.74, 6) is 2.69. The molecule has 4 heterocycles. The van der Waals surface area contributed by atoms with Crippen LogP contribution in [-0.2, 0) is 19.6 Å². The van der Waals surface area contributed by atoms with E-state index < -0.39 is 0 Å². The Morgan fingerprint density at radius 1 is 0.913 bits per heavy atom. The van der Waals surface area contributed by atoms with E-state index in [9.17, 15) is 0 Å². The lowest BCUT2D eigenvalue weighted by atomic mass is 10.3. The first kappa shape index (κ1) is 13.8. The van der Waals surface area contributed by atoms with Gasteiger partial charge in [0, 0.05) is 6.20 Å². The van der Waals surface area contributed by atoms with E-state index in [4.69, 9.17) is 8.83 Å². The maximum Gasteiger partial charge on any atom is 0.177 e. The van der Waals surface area contributed by atoms with Crippen molar-refractivity contribution in [1.82, 2.24) is 19.9 Å². The van der Waals surface area contributed by atoms with Gasteiger partial charge >= 0.3 is 0 Å². The van der Waals surface area contributed by atoms with Gasteiger partial charge in [-0.25, -0.2) is 9.97 Å². The van der Waals surface area contributed by atoms with Crippen LogP contribution >= 0.6 is 0 Å². The van der Waals surface area contributed by atoms with Crippen molar-refractivity contribution in [2.75, 3.05) is 0 Å². The Kier molecular flexibility index (Phi) is 3.65. The van der Waals surface area contributed by atoms with Crippen molar-refractivity contribution >= 4 is 11.2 Å². The van der Waals surface area contributed by atoms with E-state index in [1.807, 2.05) is 36.4 Å². The van der Waals surface area contributed by atoms with Crippen molar-refractivity contribution in [3.8, 4) is 0 Å². The summed E-state index contributed by atoms with van der Waals surface area (Å²) < 4.78 is 10.9. The molecular weight excluding hydrogens is 292 g/mol. The van der Waals surface area contributed by atoms with Crippen LogP contribution in [-0.4, -0.2) is 19.9 Å². The van der Waals surface area contributed by atoms with Crippen LogP contribution in [0.15, 0.2) is 64.0 Å². The van der Waals surface area contributed by atoms with Crippen LogP contribution in [0, 0.1) is 0 Å². The van der Waals surface area contributed by atoms with Gasteiger partial charge in [0.1, 0.15) is 17.3 Å². The SMILES string of the molecule is c1coc(CN(Cc2nc3ncccc3[nH]2)Cc2ccco2)c1. The molecule has 0 aliphatic heterocycles. The highest BCUT2D eigenvalue weighted by atomic mass is 16.3. The molecular formula is C17H16N4O2. The van der Waals surface area contributed by atoms with Crippen LogP contribution in [0.3, 0.4) is 0 Å². The Hall–Kier alpha value is -2.86. The minimum absolute atomic E-state index is 0.651. The first-order valence-corrected chi connectivity index (χ1v) is 7.43. The summed E-state index contributed by atoms with van der Waals surface area (Å²) in [7, 11) is 0. The molecule has 116 valence electrons. The molecule has 4 aromatic heterocycles. The molecule has 23 heavy (non-hydrogen) atoms. The normalized spacial score (nSPS) is 11.5. The number of aromatic nitrogens is 3. The van der Waals surface area contributed by atoms with Gasteiger partial charge in [-0.05, 0) is 36.4 Å². The van der Waals surface area contributed by atoms with Gasteiger partial charge in [-0.1, -0.05) is 0 Å². The van der Waals surface area contributed by atoms with Crippen molar-refractivity contribution in [3.05, 3.63) is 72.5 Å². The Labute approximate surface area is 132 Å². The van der Waals surface area contributed by atoms with Gasteiger partial charge in [0.2, 0.25) is 0 Å². The number of furan rings is 2. The van der Waals surface area contributed by atoms with Gasteiger partial charge in [0.15, 0.2) is 5.65 Å². The molecule has 0 bridgehead atoms. The lowest BCUT2D eigenvalue weighted by Gasteiger charge is -2.18. The predicted octanol–water partition coefficient (Wildman–Crippen LogP) is 3.35. The van der Waals surface area contributed by atoms with Crippen molar-refractivity contribution in [2.45, 2.75) is 19.6 Å². The monoisotopic (exact) mass is 308 g/mol. The van der Waals surface area contributed by atoms with E-state index in [2.05, 4.69) is 19.9 Å². The minimum Gasteiger partial charge on any atom is -0.468 e. The van der Waals surface area contributed by atoms with Gasteiger partial charge < -0.3 is 13.8 Å². The second-order valence-electron chi connectivity index (χ2n) is 5.36. The molecule has 0 spiro atoms. The Morgan fingerprint density at radius 3 is 2.26 bits per heavy atom. The molecule has 0 saturated carbocycles. The zero-order valence-corrected chi connectivity index (χ0v) is 12.5. The van der Waals surface area contributed by atoms with Crippen molar-refractivity contribution in [2.24, 2.45) is 0 Å². The summed E-state index contributed by atoms with van der Waals surface area (Å²) >= 11 is 0. The number of fused-ring (bicyclic) bond motifs is 1. The highest BCUT2D eigenvalue weighted by Gasteiger charge is 2.14. The summed E-state index contributed by atoms with van der Waals surface area (Å²) in [6, 6.07) is 11.6.